The molecule has 0 bridgehead atoms. The summed E-state index contributed by atoms with van der Waals surface area (Å²) in [5, 5.41) is 0.167. The van der Waals surface area contributed by atoms with Crippen LogP contribution in [0.25, 0.3) is 6.08 Å². The Kier molecular flexibility index (Phi) is 4.66. The van der Waals surface area contributed by atoms with Crippen molar-refractivity contribution in [1.82, 2.24) is 4.98 Å². The largest absolute Gasteiger partial charge is 0.466 e. The number of aromatic nitrogens is 1. The summed E-state index contributed by atoms with van der Waals surface area (Å²) in [5.74, 6) is -1.09. The van der Waals surface area contributed by atoms with Crippen molar-refractivity contribution in [3.05, 3.63) is 34.6 Å². The Hall–Kier alpha value is -1.88. The molecule has 0 N–H and O–H groups in total. The van der Waals surface area contributed by atoms with Gasteiger partial charge in [0.15, 0.2) is 0 Å². The number of pyridine rings is 1. The second kappa shape index (κ2) is 6.00. The summed E-state index contributed by atoms with van der Waals surface area (Å²) >= 11 is 5.67. The van der Waals surface area contributed by atoms with Gasteiger partial charge < -0.3 is 9.47 Å². The van der Waals surface area contributed by atoms with Crippen LogP contribution in [0.15, 0.2) is 18.3 Å². The third-order valence-electron chi connectivity index (χ3n) is 1.91. The number of rotatable bonds is 3. The molecule has 0 aliphatic carbocycles. The first-order valence-corrected chi connectivity index (χ1v) is 4.96. The first-order chi connectivity index (χ1) is 8.08. The molecule has 0 radical (unpaired) electrons. The molecule has 0 unspecified atom stereocenters. The van der Waals surface area contributed by atoms with Gasteiger partial charge in [-0.3, -0.25) is 0 Å². The maximum atomic E-state index is 11.4. The number of methoxy groups -OCH3 is 2. The number of halogens is 1. The van der Waals surface area contributed by atoms with Gasteiger partial charge in [-0.25, -0.2) is 14.6 Å². The third kappa shape index (κ3) is 3.57. The van der Waals surface area contributed by atoms with Gasteiger partial charge in [-0.2, -0.15) is 0 Å². The molecule has 0 fully saturated rings. The van der Waals surface area contributed by atoms with Crippen LogP contribution in [0.3, 0.4) is 0 Å². The van der Waals surface area contributed by atoms with Crippen LogP contribution in [0.2, 0.25) is 5.15 Å². The van der Waals surface area contributed by atoms with Crippen LogP contribution in [-0.2, 0) is 14.3 Å². The molecule has 1 heterocycles. The quantitative estimate of drug-likeness (QED) is 0.467. The molecule has 17 heavy (non-hydrogen) atoms. The third-order valence-corrected chi connectivity index (χ3v) is 2.11. The highest BCUT2D eigenvalue weighted by molar-refractivity contribution is 6.29. The van der Waals surface area contributed by atoms with Crippen LogP contribution >= 0.6 is 11.6 Å². The normalized spacial score (nSPS) is 10.3. The van der Waals surface area contributed by atoms with E-state index in [1.54, 1.807) is 0 Å². The molecule has 0 aliphatic heterocycles. The molecule has 0 saturated heterocycles. The van der Waals surface area contributed by atoms with Crippen LogP contribution in [0.1, 0.15) is 15.9 Å². The minimum absolute atomic E-state index is 0.167. The topological polar surface area (TPSA) is 65.5 Å². The SMILES string of the molecule is COC(=O)C=Cc1cnc(Cl)cc1C(=O)OC. The predicted octanol–water partition coefficient (Wildman–Crippen LogP) is 1.71. The molecule has 0 aliphatic rings. The molecule has 0 aromatic carbocycles. The predicted molar refractivity (Wildman–Crippen MR) is 61.6 cm³/mol. The van der Waals surface area contributed by atoms with Crippen molar-refractivity contribution < 1.29 is 19.1 Å². The van der Waals surface area contributed by atoms with E-state index in [1.165, 1.54) is 38.6 Å². The maximum absolute atomic E-state index is 11.4. The number of esters is 2. The Balaban J connectivity index is 3.10. The first-order valence-electron chi connectivity index (χ1n) is 4.58. The Morgan fingerprint density at radius 3 is 2.65 bits per heavy atom. The highest BCUT2D eigenvalue weighted by Gasteiger charge is 2.11. The van der Waals surface area contributed by atoms with Crippen molar-refractivity contribution in [3.63, 3.8) is 0 Å². The molecule has 1 aromatic rings. The first kappa shape index (κ1) is 13.2. The molecular formula is C11H10ClNO4. The summed E-state index contributed by atoms with van der Waals surface area (Å²) in [5.41, 5.74) is 0.652. The van der Waals surface area contributed by atoms with Gasteiger partial charge >= 0.3 is 11.9 Å². The zero-order valence-corrected chi connectivity index (χ0v) is 10.0. The van der Waals surface area contributed by atoms with Crippen LogP contribution in [0.4, 0.5) is 0 Å². The van der Waals surface area contributed by atoms with Gasteiger partial charge in [-0.1, -0.05) is 11.6 Å². The smallest absolute Gasteiger partial charge is 0.338 e. The lowest BCUT2D eigenvalue weighted by Gasteiger charge is -2.03. The lowest BCUT2D eigenvalue weighted by molar-refractivity contribution is -0.134. The van der Waals surface area contributed by atoms with Crippen LogP contribution in [0, 0.1) is 0 Å². The molecule has 1 rings (SSSR count). The molecule has 0 saturated carbocycles. The number of carbonyl (C=O) groups is 2. The second-order valence-corrected chi connectivity index (χ2v) is 3.33. The molecule has 6 heteroatoms. The molecule has 0 spiro atoms. The highest BCUT2D eigenvalue weighted by Crippen LogP contribution is 2.15. The van der Waals surface area contributed by atoms with E-state index in [4.69, 9.17) is 11.6 Å². The summed E-state index contributed by atoms with van der Waals surface area (Å²) in [6.45, 7) is 0. The molecular weight excluding hydrogens is 246 g/mol. The van der Waals surface area contributed by atoms with Gasteiger partial charge in [0, 0.05) is 17.8 Å². The molecule has 5 nitrogen and oxygen atoms in total. The van der Waals surface area contributed by atoms with Crippen molar-refractivity contribution in [2.24, 2.45) is 0 Å². The monoisotopic (exact) mass is 255 g/mol. The molecule has 0 amide bonds. The summed E-state index contributed by atoms with van der Waals surface area (Å²) in [7, 11) is 2.51. The zero-order chi connectivity index (χ0) is 12.8. The summed E-state index contributed by atoms with van der Waals surface area (Å²) in [6.07, 6.45) is 3.95. The van der Waals surface area contributed by atoms with Crippen LogP contribution < -0.4 is 0 Å². The standard InChI is InChI=1S/C11H10ClNO4/c1-16-10(14)4-3-7-6-13-9(12)5-8(7)11(15)17-2/h3-6H,1-2H3. The van der Waals surface area contributed by atoms with E-state index < -0.39 is 11.9 Å². The maximum Gasteiger partial charge on any atom is 0.338 e. The van der Waals surface area contributed by atoms with Crippen LogP contribution in [-0.4, -0.2) is 31.1 Å². The average Bonchev–Trinajstić information content (AvgIpc) is 2.35. The van der Waals surface area contributed by atoms with E-state index in [0.717, 1.165) is 0 Å². The van der Waals surface area contributed by atoms with E-state index >= 15 is 0 Å². The Morgan fingerprint density at radius 2 is 2.06 bits per heavy atom. The fourth-order valence-corrected chi connectivity index (χ4v) is 1.24. The van der Waals surface area contributed by atoms with Crippen molar-refractivity contribution in [3.8, 4) is 0 Å². The van der Waals surface area contributed by atoms with E-state index in [0.29, 0.717) is 5.56 Å². The Morgan fingerprint density at radius 1 is 1.35 bits per heavy atom. The Bertz CT molecular complexity index is 471. The Labute approximate surface area is 103 Å². The number of carbonyl (C=O) groups excluding carboxylic acids is 2. The minimum atomic E-state index is -0.557. The van der Waals surface area contributed by atoms with E-state index in [9.17, 15) is 9.59 Å². The fraction of sp³-hybridized carbons (Fsp3) is 0.182. The number of ether oxygens (including phenoxy) is 2. The lowest BCUT2D eigenvalue weighted by atomic mass is 10.1. The van der Waals surface area contributed by atoms with Crippen molar-refractivity contribution in [1.29, 1.82) is 0 Å². The molecule has 1 aromatic heterocycles. The van der Waals surface area contributed by atoms with Crippen molar-refractivity contribution in [2.45, 2.75) is 0 Å². The van der Waals surface area contributed by atoms with Gasteiger partial charge in [-0.15, -0.1) is 0 Å². The van der Waals surface area contributed by atoms with Crippen molar-refractivity contribution >= 4 is 29.6 Å². The molecule has 0 atom stereocenters. The summed E-state index contributed by atoms with van der Waals surface area (Å²) in [4.78, 5) is 26.2. The van der Waals surface area contributed by atoms with Gasteiger partial charge in [0.2, 0.25) is 0 Å². The van der Waals surface area contributed by atoms with Crippen LogP contribution in [0.5, 0.6) is 0 Å². The minimum Gasteiger partial charge on any atom is -0.466 e. The summed E-state index contributed by atoms with van der Waals surface area (Å²) < 4.78 is 9.02. The van der Waals surface area contributed by atoms with Gasteiger partial charge in [-0.05, 0) is 12.1 Å². The van der Waals surface area contributed by atoms with E-state index in [1.807, 2.05) is 0 Å². The summed E-state index contributed by atoms with van der Waals surface area (Å²) in [6, 6.07) is 1.37. The average molecular weight is 256 g/mol. The van der Waals surface area contributed by atoms with Gasteiger partial charge in [0.25, 0.3) is 0 Å². The highest BCUT2D eigenvalue weighted by atomic mass is 35.5. The van der Waals surface area contributed by atoms with Gasteiger partial charge in [0.05, 0.1) is 19.8 Å². The molecule has 90 valence electrons. The second-order valence-electron chi connectivity index (χ2n) is 2.94. The lowest BCUT2D eigenvalue weighted by Crippen LogP contribution is -2.04. The fourth-order valence-electron chi connectivity index (χ4n) is 1.09. The number of hydrogen-bond donors (Lipinski definition) is 0. The van der Waals surface area contributed by atoms with Gasteiger partial charge in [0.1, 0.15) is 5.15 Å². The van der Waals surface area contributed by atoms with E-state index in [-0.39, 0.29) is 10.7 Å². The zero-order valence-electron chi connectivity index (χ0n) is 9.27. The number of hydrogen-bond acceptors (Lipinski definition) is 5. The number of nitrogens with zero attached hydrogens (tertiary/aromatic N) is 1. The van der Waals surface area contributed by atoms with E-state index in [2.05, 4.69) is 14.5 Å². The van der Waals surface area contributed by atoms with Crippen molar-refractivity contribution in [2.75, 3.05) is 14.2 Å².